The second-order valence-corrected chi connectivity index (χ2v) is 25.5. The summed E-state index contributed by atoms with van der Waals surface area (Å²) in [6.45, 7) is 35.4. The molecule has 12 aromatic carbocycles. The van der Waals surface area contributed by atoms with Crippen molar-refractivity contribution in [2.24, 2.45) is 0 Å². The van der Waals surface area contributed by atoms with Crippen molar-refractivity contribution in [1.29, 1.82) is 0 Å². The third kappa shape index (κ3) is 6.84. The Labute approximate surface area is 421 Å². The fourth-order valence-electron chi connectivity index (χ4n) is 12.7. The Morgan fingerprint density at radius 1 is 0.268 bits per heavy atom. The first kappa shape index (κ1) is 45.4. The number of rotatable bonds is 3. The fourth-order valence-corrected chi connectivity index (χ4v) is 12.7. The van der Waals surface area contributed by atoms with Gasteiger partial charge < -0.3 is 0 Å². The van der Waals surface area contributed by atoms with Gasteiger partial charge in [0.1, 0.15) is 0 Å². The number of benzene rings is 10. The molecule has 0 heteroatoms. The number of fused-ring (bicyclic) bond motifs is 10. The zero-order chi connectivity index (χ0) is 50.0. The van der Waals surface area contributed by atoms with Crippen molar-refractivity contribution in [3.8, 4) is 33.4 Å². The van der Waals surface area contributed by atoms with Gasteiger partial charge in [-0.15, -0.1) is 0 Å². The number of hydrogen-bond acceptors (Lipinski definition) is 0. The molecule has 71 heavy (non-hydrogen) atoms. The normalized spacial score (nSPS) is 13.3. The molecule has 0 radical (unpaired) electrons. The molecule has 352 valence electrons. The third-order valence-electron chi connectivity index (χ3n) is 16.3. The lowest BCUT2D eigenvalue weighted by Gasteiger charge is -2.28. The van der Waals surface area contributed by atoms with E-state index in [1.165, 1.54) is 159 Å². The largest absolute Gasteiger partial charge is 0.0616 e. The monoisotopic (exact) mass is 921 g/mol. The molecule has 0 bridgehead atoms. The Morgan fingerprint density at radius 2 is 0.732 bits per heavy atom. The predicted octanol–water partition coefficient (Wildman–Crippen LogP) is 20.9. The van der Waals surface area contributed by atoms with E-state index >= 15 is 0 Å². The van der Waals surface area contributed by atoms with Crippen LogP contribution in [0.4, 0.5) is 0 Å². The minimum atomic E-state index is -0.0729. The van der Waals surface area contributed by atoms with Crippen LogP contribution in [0.5, 0.6) is 0 Å². The molecule has 0 aliphatic carbocycles. The molecule has 0 aliphatic rings. The lowest BCUT2D eigenvalue weighted by Crippen LogP contribution is -2.16. The summed E-state index contributed by atoms with van der Waals surface area (Å²) in [4.78, 5) is 0. The highest BCUT2D eigenvalue weighted by Gasteiger charge is 2.31. The molecule has 0 nitrogen and oxygen atoms in total. The van der Waals surface area contributed by atoms with Crippen molar-refractivity contribution in [3.05, 3.63) is 178 Å². The summed E-state index contributed by atoms with van der Waals surface area (Å²) in [6, 6.07) is 55.6. The molecule has 0 aliphatic heterocycles. The van der Waals surface area contributed by atoms with Gasteiger partial charge in [-0.1, -0.05) is 216 Å². The summed E-state index contributed by atoms with van der Waals surface area (Å²) in [5.74, 6) is 0. The Balaban J connectivity index is 1.44. The van der Waals surface area contributed by atoms with Crippen molar-refractivity contribution in [2.75, 3.05) is 0 Å². The molecule has 0 heterocycles. The van der Waals surface area contributed by atoms with Crippen molar-refractivity contribution >= 4 is 86.2 Å². The maximum atomic E-state index is 2.62. The lowest BCUT2D eigenvalue weighted by atomic mass is 9.76. The molecule has 12 aromatic rings. The van der Waals surface area contributed by atoms with Gasteiger partial charge in [0.2, 0.25) is 0 Å². The van der Waals surface area contributed by atoms with Crippen LogP contribution in [0.1, 0.15) is 122 Å². The van der Waals surface area contributed by atoms with E-state index in [1.54, 1.807) is 0 Å². The minimum absolute atomic E-state index is 0.0698. The van der Waals surface area contributed by atoms with Crippen molar-refractivity contribution in [1.82, 2.24) is 0 Å². The van der Waals surface area contributed by atoms with Crippen LogP contribution in [0.2, 0.25) is 0 Å². The zero-order valence-electron chi connectivity index (χ0n) is 44.8. The first-order valence-corrected chi connectivity index (χ1v) is 26.1. The topological polar surface area (TPSA) is 0 Å². The third-order valence-corrected chi connectivity index (χ3v) is 16.3. The van der Waals surface area contributed by atoms with Gasteiger partial charge in [-0.25, -0.2) is 0 Å². The van der Waals surface area contributed by atoms with Gasteiger partial charge in [0.25, 0.3) is 0 Å². The van der Waals surface area contributed by atoms with Crippen LogP contribution in [0.3, 0.4) is 0 Å². The molecule has 0 saturated heterocycles. The second kappa shape index (κ2) is 15.1. The van der Waals surface area contributed by atoms with E-state index in [4.69, 9.17) is 0 Å². The summed E-state index contributed by atoms with van der Waals surface area (Å²) in [6.07, 6.45) is 0. The van der Waals surface area contributed by atoms with E-state index < -0.39 is 0 Å². The summed E-state index contributed by atoms with van der Waals surface area (Å²) in [5.41, 5.74) is 17.0. The van der Waals surface area contributed by atoms with Crippen LogP contribution >= 0.6 is 0 Å². The predicted molar refractivity (Wildman–Crippen MR) is 314 cm³/mol. The zero-order valence-corrected chi connectivity index (χ0v) is 44.8. The maximum absolute atomic E-state index is 2.62. The Bertz CT molecular complexity index is 4110. The average Bonchev–Trinajstić information content (AvgIpc) is 3.80. The van der Waals surface area contributed by atoms with Gasteiger partial charge in [0.15, 0.2) is 0 Å². The van der Waals surface area contributed by atoms with Gasteiger partial charge in [0.05, 0.1) is 0 Å². The van der Waals surface area contributed by atoms with Crippen molar-refractivity contribution in [2.45, 2.75) is 126 Å². The smallest absolute Gasteiger partial charge is 0.000696 e. The molecular weight excluding hydrogens is 853 g/mol. The van der Waals surface area contributed by atoms with Crippen LogP contribution in [0.25, 0.3) is 120 Å². The van der Waals surface area contributed by atoms with Crippen LogP contribution in [-0.4, -0.2) is 0 Å². The first-order chi connectivity index (χ1) is 33.5. The average molecular weight is 921 g/mol. The highest BCUT2D eigenvalue weighted by Crippen LogP contribution is 2.57. The molecule has 0 spiro atoms. The molecule has 0 saturated carbocycles. The fraction of sp³-hybridized carbons (Fsp3) is 0.268. The van der Waals surface area contributed by atoms with Gasteiger partial charge >= 0.3 is 0 Å². The van der Waals surface area contributed by atoms with Gasteiger partial charge in [-0.3, -0.25) is 0 Å². The Hall–Kier alpha value is -6.76. The van der Waals surface area contributed by atoms with Crippen molar-refractivity contribution in [3.63, 3.8) is 0 Å². The maximum Gasteiger partial charge on any atom is -0.000696 e. The Kier molecular flexibility index (Phi) is 9.67. The summed E-state index contributed by atoms with van der Waals surface area (Å²) in [5, 5.41) is 21.3. The highest BCUT2D eigenvalue weighted by atomic mass is 14.3. The second-order valence-electron chi connectivity index (χ2n) is 25.5. The molecular formula is C71H68. The van der Waals surface area contributed by atoms with Crippen LogP contribution in [-0.2, 0) is 21.7 Å². The molecule has 0 fully saturated rings. The highest BCUT2D eigenvalue weighted by molar-refractivity contribution is 6.46. The van der Waals surface area contributed by atoms with Gasteiger partial charge in [-0.05, 0) is 208 Å². The van der Waals surface area contributed by atoms with Crippen LogP contribution in [0, 0.1) is 20.8 Å². The van der Waals surface area contributed by atoms with Crippen LogP contribution < -0.4 is 0 Å². The van der Waals surface area contributed by atoms with Gasteiger partial charge in [-0.2, -0.15) is 0 Å². The summed E-state index contributed by atoms with van der Waals surface area (Å²) < 4.78 is 0. The summed E-state index contributed by atoms with van der Waals surface area (Å²) in [7, 11) is 0. The molecule has 0 unspecified atom stereocenters. The van der Waals surface area contributed by atoms with E-state index in [0.717, 1.165) is 0 Å². The standard InChI is InChI=1S/C71H68/c1-39-29-40(2)59(41(3)30-39)54-27-28-55-65-57(35-42-21-16-17-22-49(42)63(54)65)67-61(44-33-47(70(10,11)12)37-48(34-44)71(13,14)15)64-53-26-20-25-52-50-23-18-19-24-51(50)56(62(52)53)38-58(64)60(66(55)67)43-31-45(68(4,5)6)36-46(32-43)69(7,8)9/h16-38H,1-15H3. The van der Waals surface area contributed by atoms with E-state index in [2.05, 4.69) is 243 Å². The lowest BCUT2D eigenvalue weighted by molar-refractivity contribution is 0.568. The molecule has 0 N–H and O–H groups in total. The SMILES string of the molecule is Cc1cc(C)c(-c2ccc3c4c(-c5cc(C(C)(C)C)cc(C(C)(C)C)c5)c5cc6c7ccccc7c7cccc(c5c(-c5cc(C(C)(C)C)cc(C(C)(C)C)c5)c4c4cc5ccccc5c2c34)c76)c(C)c1. The van der Waals surface area contributed by atoms with Crippen molar-refractivity contribution < 1.29 is 0 Å². The van der Waals surface area contributed by atoms with E-state index in [0.29, 0.717) is 0 Å². The van der Waals surface area contributed by atoms with E-state index in [-0.39, 0.29) is 21.7 Å². The Morgan fingerprint density at radius 3 is 1.30 bits per heavy atom. The molecule has 0 amide bonds. The van der Waals surface area contributed by atoms with Crippen LogP contribution in [0.15, 0.2) is 140 Å². The minimum Gasteiger partial charge on any atom is -0.0616 e. The van der Waals surface area contributed by atoms with Gasteiger partial charge in [0, 0.05) is 0 Å². The molecule has 12 rings (SSSR count). The van der Waals surface area contributed by atoms with E-state index in [9.17, 15) is 0 Å². The number of aryl methyl sites for hydroxylation is 3. The summed E-state index contributed by atoms with van der Waals surface area (Å²) >= 11 is 0. The molecule has 0 atom stereocenters. The van der Waals surface area contributed by atoms with E-state index in [1.807, 2.05) is 0 Å². The number of hydrogen-bond donors (Lipinski definition) is 0. The first-order valence-electron chi connectivity index (χ1n) is 26.1. The molecule has 0 aromatic heterocycles. The quantitative estimate of drug-likeness (QED) is 0.155.